The number of amides is 2. The lowest BCUT2D eigenvalue weighted by atomic mass is 9.92. The molecule has 1 unspecified atom stereocenters. The van der Waals surface area contributed by atoms with Gasteiger partial charge in [-0.25, -0.2) is 5.90 Å². The van der Waals surface area contributed by atoms with Crippen LogP contribution in [0.3, 0.4) is 0 Å². The van der Waals surface area contributed by atoms with Crippen LogP contribution in [0, 0.1) is 0 Å². The average Bonchev–Trinajstić information content (AvgIpc) is 1.64. The number of fused-ring (bicyclic) bond motifs is 15. The summed E-state index contributed by atoms with van der Waals surface area (Å²) < 4.78 is 0. The van der Waals surface area contributed by atoms with Crippen LogP contribution in [0.25, 0.3) is 97.7 Å². The topological polar surface area (TPSA) is 279 Å². The minimum Gasteiger partial charge on any atom is -0.505 e. The number of benzene rings is 15. The molecule has 10 N–H and O–H groups in total. The molecule has 18 rings (SSSR count). The molecule has 544 valence electrons. The van der Waals surface area contributed by atoms with Gasteiger partial charge >= 0.3 is 0 Å². The third-order valence-corrected chi connectivity index (χ3v) is 21.3. The number of phenols is 3. The van der Waals surface area contributed by atoms with E-state index in [0.717, 1.165) is 93.1 Å². The van der Waals surface area contributed by atoms with Crippen molar-refractivity contribution < 1.29 is 29.7 Å². The minimum absolute atomic E-state index is 0.0307. The zero-order valence-corrected chi connectivity index (χ0v) is 61.0. The van der Waals surface area contributed by atoms with E-state index in [-0.39, 0.29) is 45.4 Å². The molecule has 19 heteroatoms. The van der Waals surface area contributed by atoms with Gasteiger partial charge in [0.2, 0.25) is 0 Å². The number of carbonyl (C=O) groups is 2. The molecule has 0 aliphatic heterocycles. The van der Waals surface area contributed by atoms with Crippen LogP contribution in [0.2, 0.25) is 0 Å². The number of aromatic amines is 3. The highest BCUT2D eigenvalue weighted by Gasteiger charge is 2.29. The summed E-state index contributed by atoms with van der Waals surface area (Å²) in [6.07, 6.45) is 1.23. The zero-order valence-electron chi connectivity index (χ0n) is 61.0. The van der Waals surface area contributed by atoms with E-state index >= 15 is 0 Å². The van der Waals surface area contributed by atoms with Crippen LogP contribution < -0.4 is 21.4 Å². The lowest BCUT2D eigenvalue weighted by Gasteiger charge is -2.25. The van der Waals surface area contributed by atoms with Gasteiger partial charge < -0.3 is 45.8 Å². The number of hydrogen-bond donors (Lipinski definition) is 9. The fraction of sp³-hybridized carbons (Fsp3) is 0.0753. The predicted octanol–water partition coefficient (Wildman–Crippen LogP) is 25.1. The second-order valence-corrected chi connectivity index (χ2v) is 27.7. The highest BCUT2D eigenvalue weighted by molar-refractivity contribution is 6.25. The Hall–Kier alpha value is -14.7. The molecule has 0 radical (unpaired) electrons. The molecule has 19 nitrogen and oxygen atoms in total. The number of nitrogens with zero attached hydrogens (tertiary/aromatic N) is 7. The first kappa shape index (κ1) is 69.1. The monoisotopic (exact) mass is 1470 g/mol. The van der Waals surface area contributed by atoms with Crippen molar-refractivity contribution in [3.63, 3.8) is 0 Å². The molecule has 3 heterocycles. The summed E-state index contributed by atoms with van der Waals surface area (Å²) in [5.74, 6) is 4.36. The Morgan fingerprint density at radius 3 is 1.10 bits per heavy atom. The van der Waals surface area contributed by atoms with E-state index in [9.17, 15) is 24.9 Å². The maximum absolute atomic E-state index is 14.4. The number of azo groups is 3. The van der Waals surface area contributed by atoms with E-state index in [1.165, 1.54) is 0 Å². The van der Waals surface area contributed by atoms with Gasteiger partial charge in [-0.05, 0) is 179 Å². The lowest BCUT2D eigenvalue weighted by Crippen LogP contribution is -2.13. The van der Waals surface area contributed by atoms with Gasteiger partial charge in [0.05, 0.1) is 44.7 Å². The maximum Gasteiger partial charge on any atom is 0.259 e. The average molecular weight is 1470 g/mol. The minimum atomic E-state index is -0.845. The summed E-state index contributed by atoms with van der Waals surface area (Å²) in [7, 11) is 0. The van der Waals surface area contributed by atoms with Gasteiger partial charge in [-0.3, -0.25) is 14.4 Å². The number of para-hydroxylation sites is 5. The van der Waals surface area contributed by atoms with Gasteiger partial charge in [0, 0.05) is 99.0 Å². The standard InChI is InChI=1S/C93H71N13O6/c1-4-52-19-7-10-22-64(52)91(112-94)71-49-55-31-46-68-65-23-11-16-28-76(65)95-82(68)79(55)85(88(71)107)103-100-58-34-40-61(41-35-58)106(62-42-36-59(37-43-62)101-104-86-80-56(32-47-69-66-24-12-17-29-77(66)96-83(69)80)50-72(89(86)108)92(110)98-74-26-14-8-20-53(74)5-2)63-44-38-60(39-45-63)102-105-87-81-57(33-48-70-67-25-13-18-30-78(67)97-84(70)81)51-73(90(87)109)93(111)99-75-27-15-9-21-54(75)6-3/h7-51,91,95-97,107-109H,4-6,94H2,1-3H3,(H,98,110)(H,99,111). The van der Waals surface area contributed by atoms with E-state index in [4.69, 9.17) is 41.4 Å². The molecule has 18 aromatic rings. The van der Waals surface area contributed by atoms with Crippen LogP contribution in [0.15, 0.2) is 304 Å². The van der Waals surface area contributed by atoms with Gasteiger partial charge in [0.25, 0.3) is 11.8 Å². The first-order valence-electron chi connectivity index (χ1n) is 37.1. The normalized spacial score (nSPS) is 12.3. The number of aromatic nitrogens is 3. The van der Waals surface area contributed by atoms with Crippen molar-refractivity contribution >= 4 is 172 Å². The number of aromatic hydroxyl groups is 3. The number of phenolic OH excluding ortho intramolecular Hbond substituents is 3. The third kappa shape index (κ3) is 12.2. The Balaban J connectivity index is 0.737. The van der Waals surface area contributed by atoms with Crippen molar-refractivity contribution in [3.05, 3.63) is 312 Å². The first-order valence-corrected chi connectivity index (χ1v) is 37.1. The molecular formula is C93H71N13O6. The van der Waals surface area contributed by atoms with E-state index in [0.29, 0.717) is 97.3 Å². The Labute approximate surface area is 640 Å². The number of nitrogens with one attached hydrogen (secondary N) is 5. The third-order valence-electron chi connectivity index (χ3n) is 21.3. The van der Waals surface area contributed by atoms with Crippen LogP contribution in [-0.4, -0.2) is 42.1 Å². The molecule has 0 aliphatic carbocycles. The zero-order chi connectivity index (χ0) is 76.3. The second-order valence-electron chi connectivity index (χ2n) is 27.7. The Morgan fingerprint density at radius 1 is 0.375 bits per heavy atom. The number of aryl methyl sites for hydroxylation is 3. The fourth-order valence-electron chi connectivity index (χ4n) is 15.7. The van der Waals surface area contributed by atoms with Gasteiger partial charge in [-0.1, -0.05) is 172 Å². The smallest absolute Gasteiger partial charge is 0.259 e. The molecule has 0 bridgehead atoms. The summed E-state index contributed by atoms with van der Waals surface area (Å²) >= 11 is 0. The molecule has 2 amide bonds. The van der Waals surface area contributed by atoms with Crippen molar-refractivity contribution in [2.24, 2.45) is 36.6 Å². The Bertz CT molecular complexity index is 6640. The first-order chi connectivity index (χ1) is 54.9. The number of hydrogen-bond acceptors (Lipinski definition) is 14. The molecule has 0 saturated carbocycles. The number of nitrogens with two attached hydrogens (primary N) is 1. The van der Waals surface area contributed by atoms with Crippen LogP contribution in [0.5, 0.6) is 17.2 Å². The number of carbonyl (C=O) groups excluding carboxylic acids is 2. The molecule has 1 atom stereocenters. The second kappa shape index (κ2) is 28.8. The number of anilines is 5. The molecule has 0 aliphatic rings. The molecule has 15 aromatic carbocycles. The summed E-state index contributed by atoms with van der Waals surface area (Å²) in [6.45, 7) is 6.10. The van der Waals surface area contributed by atoms with Gasteiger partial charge in [0.15, 0.2) is 11.5 Å². The van der Waals surface area contributed by atoms with Crippen molar-refractivity contribution in [1.82, 2.24) is 15.0 Å². The van der Waals surface area contributed by atoms with E-state index in [2.05, 4.69) is 44.6 Å². The highest BCUT2D eigenvalue weighted by Crippen LogP contribution is 2.51. The SMILES string of the molecule is CCc1ccccc1NC(=O)c1cc2ccc3c4ccccc4[nH]c3c2c(N=Nc2ccc(N(c3ccc(N=Nc4c(O)c(C(=O)Nc5ccccc5CC)cc5ccc6c7ccccc7[nH]c6c45)cc3)c3ccc(N=Nc4c(O)c(C(ON)c5ccccc5CC)cc5ccc6c7ccccc7[nH]c6c45)cc3)cc2)c1O. The van der Waals surface area contributed by atoms with E-state index in [1.807, 2.05) is 267 Å². The maximum atomic E-state index is 14.4. The molecule has 0 fully saturated rings. The summed E-state index contributed by atoms with van der Waals surface area (Å²) in [5, 5.41) is 82.2. The molecule has 0 spiro atoms. The summed E-state index contributed by atoms with van der Waals surface area (Å²) in [6, 6.07) is 86.7. The highest BCUT2D eigenvalue weighted by atomic mass is 16.6. The Morgan fingerprint density at radius 2 is 0.714 bits per heavy atom. The summed E-state index contributed by atoms with van der Waals surface area (Å²) in [5.41, 5.74) is 14.3. The Kier molecular flexibility index (Phi) is 17.8. The van der Waals surface area contributed by atoms with Crippen LogP contribution in [0.1, 0.15) is 75.4 Å². The molecule has 112 heavy (non-hydrogen) atoms. The fourth-order valence-corrected chi connectivity index (χ4v) is 15.7. The number of rotatable bonds is 19. The van der Waals surface area contributed by atoms with Gasteiger partial charge in [-0.2, -0.15) is 15.3 Å². The van der Waals surface area contributed by atoms with Crippen molar-refractivity contribution in [2.45, 2.75) is 46.1 Å². The van der Waals surface area contributed by atoms with Gasteiger partial charge in [-0.15, -0.1) is 15.3 Å². The molecule has 0 saturated heterocycles. The van der Waals surface area contributed by atoms with Gasteiger partial charge in [0.1, 0.15) is 28.9 Å². The largest absolute Gasteiger partial charge is 0.505 e. The quantitative estimate of drug-likeness (QED) is 0.0277. The van der Waals surface area contributed by atoms with Crippen molar-refractivity contribution in [1.29, 1.82) is 0 Å². The lowest BCUT2D eigenvalue weighted by molar-refractivity contribution is 0.0791. The van der Waals surface area contributed by atoms with Crippen molar-refractivity contribution in [2.75, 3.05) is 15.5 Å². The molecular weight excluding hydrogens is 1400 g/mol. The van der Waals surface area contributed by atoms with E-state index < -0.39 is 17.9 Å². The van der Waals surface area contributed by atoms with Crippen molar-refractivity contribution in [3.8, 4) is 17.2 Å². The van der Waals surface area contributed by atoms with E-state index in [1.54, 1.807) is 12.1 Å². The number of H-pyrrole nitrogens is 3. The van der Waals surface area contributed by atoms with Crippen LogP contribution in [0.4, 0.5) is 62.6 Å². The molecule has 3 aromatic heterocycles. The summed E-state index contributed by atoms with van der Waals surface area (Å²) in [4.78, 5) is 47.2. The predicted molar refractivity (Wildman–Crippen MR) is 449 cm³/mol. The van der Waals surface area contributed by atoms with Crippen LogP contribution >= 0.6 is 0 Å². The van der Waals surface area contributed by atoms with Crippen LogP contribution in [-0.2, 0) is 24.1 Å².